The van der Waals surface area contributed by atoms with Crippen molar-refractivity contribution in [2.45, 2.75) is 27.4 Å². The van der Waals surface area contributed by atoms with Gasteiger partial charge in [0.05, 0.1) is 17.8 Å². The minimum absolute atomic E-state index is 0.123. The first-order chi connectivity index (χ1) is 16.8. The summed E-state index contributed by atoms with van der Waals surface area (Å²) in [5, 5.41) is 6.73. The molecule has 0 heterocycles. The zero-order chi connectivity index (χ0) is 25.4. The maximum Gasteiger partial charge on any atom is 0.329 e. The van der Waals surface area contributed by atoms with Crippen LogP contribution in [0, 0.1) is 19.7 Å². The van der Waals surface area contributed by atoms with Crippen molar-refractivity contribution >= 4 is 35.3 Å². The molecule has 0 atom stereocenters. The number of aryl methyl sites for hydroxylation is 2. The van der Waals surface area contributed by atoms with Gasteiger partial charge in [-0.3, -0.25) is 9.59 Å². The van der Waals surface area contributed by atoms with E-state index in [-0.39, 0.29) is 11.6 Å². The molecule has 3 rings (SSSR count). The quantitative estimate of drug-likeness (QED) is 0.255. The molecule has 3 aromatic rings. The standard InChI is InChI=1S/C26H25ClFN3O4/c1-4-34-23-12-18(8-11-22(23)35-15-19-9-10-20(28)13-21(19)27)14-29-31-26(33)25(32)30-24-16(2)6-5-7-17(24)3/h5-14H,4,15H2,1-3H3,(H,30,32)(H,31,33)/b29-14+. The number of amides is 2. The van der Waals surface area contributed by atoms with Crippen LogP contribution in [0.4, 0.5) is 10.1 Å². The molecule has 9 heteroatoms. The Bertz CT molecular complexity index is 1240. The van der Waals surface area contributed by atoms with Gasteiger partial charge in [-0.25, -0.2) is 9.82 Å². The minimum Gasteiger partial charge on any atom is -0.490 e. The van der Waals surface area contributed by atoms with E-state index in [0.717, 1.165) is 11.1 Å². The maximum atomic E-state index is 13.2. The van der Waals surface area contributed by atoms with Crippen LogP contribution in [-0.4, -0.2) is 24.6 Å². The highest BCUT2D eigenvalue weighted by Gasteiger charge is 2.15. The lowest BCUT2D eigenvalue weighted by atomic mass is 10.1. The van der Waals surface area contributed by atoms with Crippen LogP contribution in [0.25, 0.3) is 0 Å². The van der Waals surface area contributed by atoms with Gasteiger partial charge in [0.25, 0.3) is 0 Å². The van der Waals surface area contributed by atoms with Crippen molar-refractivity contribution in [1.29, 1.82) is 0 Å². The molecule has 0 fully saturated rings. The molecule has 2 amide bonds. The van der Waals surface area contributed by atoms with Crippen molar-refractivity contribution in [2.24, 2.45) is 5.10 Å². The lowest BCUT2D eigenvalue weighted by molar-refractivity contribution is -0.136. The van der Waals surface area contributed by atoms with E-state index in [9.17, 15) is 14.0 Å². The summed E-state index contributed by atoms with van der Waals surface area (Å²) >= 11 is 6.06. The monoisotopic (exact) mass is 497 g/mol. The molecule has 182 valence electrons. The van der Waals surface area contributed by atoms with Crippen LogP contribution in [0.2, 0.25) is 5.02 Å². The summed E-state index contributed by atoms with van der Waals surface area (Å²) in [5.41, 5.74) is 5.74. The van der Waals surface area contributed by atoms with Gasteiger partial charge in [0.1, 0.15) is 12.4 Å². The number of anilines is 1. The van der Waals surface area contributed by atoms with Crippen LogP contribution in [0.1, 0.15) is 29.2 Å². The van der Waals surface area contributed by atoms with Gasteiger partial charge in [0.15, 0.2) is 11.5 Å². The number of hydrazone groups is 1. The number of carbonyl (C=O) groups is 2. The first-order valence-electron chi connectivity index (χ1n) is 10.8. The summed E-state index contributed by atoms with van der Waals surface area (Å²) < 4.78 is 24.7. The lowest BCUT2D eigenvalue weighted by Gasteiger charge is -2.13. The van der Waals surface area contributed by atoms with E-state index in [4.69, 9.17) is 21.1 Å². The molecular weight excluding hydrogens is 473 g/mol. The van der Waals surface area contributed by atoms with Gasteiger partial charge in [-0.15, -0.1) is 0 Å². The Morgan fingerprint density at radius 3 is 2.43 bits per heavy atom. The van der Waals surface area contributed by atoms with Crippen molar-refractivity contribution in [3.63, 3.8) is 0 Å². The molecule has 0 radical (unpaired) electrons. The summed E-state index contributed by atoms with van der Waals surface area (Å²) in [4.78, 5) is 24.3. The zero-order valence-electron chi connectivity index (χ0n) is 19.5. The predicted octanol–water partition coefficient (Wildman–Crippen LogP) is 5.16. The number of nitrogens with zero attached hydrogens (tertiary/aromatic N) is 1. The second-order valence-electron chi connectivity index (χ2n) is 7.58. The van der Waals surface area contributed by atoms with Crippen LogP contribution in [0.15, 0.2) is 59.7 Å². The SMILES string of the molecule is CCOc1cc(/C=N/NC(=O)C(=O)Nc2c(C)cccc2C)ccc1OCc1ccc(F)cc1Cl. The van der Waals surface area contributed by atoms with E-state index in [1.165, 1.54) is 18.3 Å². The Labute approximate surface area is 207 Å². The predicted molar refractivity (Wildman–Crippen MR) is 134 cm³/mol. The molecule has 0 unspecified atom stereocenters. The fraction of sp³-hybridized carbons (Fsp3) is 0.192. The summed E-state index contributed by atoms with van der Waals surface area (Å²) in [6.07, 6.45) is 1.38. The van der Waals surface area contributed by atoms with E-state index in [0.29, 0.717) is 34.9 Å². The fourth-order valence-corrected chi connectivity index (χ4v) is 3.41. The molecule has 0 saturated carbocycles. The molecule has 0 bridgehead atoms. The molecule has 0 aliphatic rings. The van der Waals surface area contributed by atoms with Gasteiger partial charge < -0.3 is 14.8 Å². The first-order valence-corrected chi connectivity index (χ1v) is 11.2. The molecule has 0 aromatic heterocycles. The lowest BCUT2D eigenvalue weighted by Crippen LogP contribution is -2.32. The number of benzene rings is 3. The van der Waals surface area contributed by atoms with Gasteiger partial charge in [0.2, 0.25) is 0 Å². The van der Waals surface area contributed by atoms with Crippen molar-refractivity contribution in [3.8, 4) is 11.5 Å². The highest BCUT2D eigenvalue weighted by atomic mass is 35.5. The Morgan fingerprint density at radius 2 is 1.74 bits per heavy atom. The zero-order valence-corrected chi connectivity index (χ0v) is 20.3. The molecule has 7 nitrogen and oxygen atoms in total. The van der Waals surface area contributed by atoms with Crippen LogP contribution in [0.5, 0.6) is 11.5 Å². The fourth-order valence-electron chi connectivity index (χ4n) is 3.18. The highest BCUT2D eigenvalue weighted by molar-refractivity contribution is 6.39. The first kappa shape index (κ1) is 25.7. The van der Waals surface area contributed by atoms with E-state index in [1.54, 1.807) is 24.3 Å². The van der Waals surface area contributed by atoms with Crippen molar-refractivity contribution in [3.05, 3.63) is 87.7 Å². The smallest absolute Gasteiger partial charge is 0.329 e. The van der Waals surface area contributed by atoms with Crippen LogP contribution < -0.4 is 20.2 Å². The molecule has 0 saturated heterocycles. The van der Waals surface area contributed by atoms with Crippen LogP contribution in [-0.2, 0) is 16.2 Å². The van der Waals surface area contributed by atoms with E-state index >= 15 is 0 Å². The third kappa shape index (κ3) is 7.04. The van der Waals surface area contributed by atoms with Gasteiger partial charge >= 0.3 is 11.8 Å². The van der Waals surface area contributed by atoms with Gasteiger partial charge in [-0.1, -0.05) is 35.9 Å². The largest absolute Gasteiger partial charge is 0.490 e. The molecule has 3 aromatic carbocycles. The molecule has 2 N–H and O–H groups in total. The summed E-state index contributed by atoms with van der Waals surface area (Å²) in [5.74, 6) is -1.23. The number of para-hydroxylation sites is 1. The molecule has 0 aliphatic carbocycles. The normalized spacial score (nSPS) is 10.8. The summed E-state index contributed by atoms with van der Waals surface area (Å²) in [7, 11) is 0. The topological polar surface area (TPSA) is 89.0 Å². The van der Waals surface area contributed by atoms with Crippen LogP contribution in [0.3, 0.4) is 0 Å². The summed E-state index contributed by atoms with van der Waals surface area (Å²) in [6, 6.07) is 14.7. The molecule has 0 aliphatic heterocycles. The number of hydrogen-bond donors (Lipinski definition) is 2. The molecular formula is C26H25ClFN3O4. The average molecular weight is 498 g/mol. The van der Waals surface area contributed by atoms with Gasteiger partial charge in [0, 0.05) is 11.3 Å². The Kier molecular flexibility index (Phi) is 8.80. The van der Waals surface area contributed by atoms with Crippen molar-refractivity contribution in [1.82, 2.24) is 5.43 Å². The number of halogens is 2. The van der Waals surface area contributed by atoms with Gasteiger partial charge in [-0.2, -0.15) is 5.10 Å². The number of hydrogen-bond acceptors (Lipinski definition) is 5. The number of rotatable bonds is 8. The minimum atomic E-state index is -0.898. The third-order valence-corrected chi connectivity index (χ3v) is 5.32. The summed E-state index contributed by atoms with van der Waals surface area (Å²) in [6.45, 7) is 6.03. The highest BCUT2D eigenvalue weighted by Crippen LogP contribution is 2.30. The molecule has 35 heavy (non-hydrogen) atoms. The van der Waals surface area contributed by atoms with Crippen LogP contribution >= 0.6 is 11.6 Å². The second-order valence-corrected chi connectivity index (χ2v) is 7.99. The average Bonchev–Trinajstić information content (AvgIpc) is 2.82. The van der Waals surface area contributed by atoms with Gasteiger partial charge in [-0.05, 0) is 67.8 Å². The number of carbonyl (C=O) groups excluding carboxylic acids is 2. The third-order valence-electron chi connectivity index (χ3n) is 4.97. The Hall–Kier alpha value is -3.91. The van der Waals surface area contributed by atoms with E-state index in [2.05, 4.69) is 15.8 Å². The Morgan fingerprint density at radius 1 is 1.00 bits per heavy atom. The number of ether oxygens (including phenoxy) is 2. The molecule has 0 spiro atoms. The second kappa shape index (κ2) is 12.0. The van der Waals surface area contributed by atoms with E-state index < -0.39 is 17.6 Å². The van der Waals surface area contributed by atoms with E-state index in [1.807, 2.05) is 39.0 Å². The maximum absolute atomic E-state index is 13.2. The van der Waals surface area contributed by atoms with Crippen molar-refractivity contribution < 1.29 is 23.5 Å². The number of nitrogens with one attached hydrogen (secondary N) is 2. The van der Waals surface area contributed by atoms with Crippen molar-refractivity contribution in [2.75, 3.05) is 11.9 Å². The Balaban J connectivity index is 1.63.